The molecule has 0 unspecified atom stereocenters. The van der Waals surface area contributed by atoms with Gasteiger partial charge in [-0.25, -0.2) is 4.79 Å². The number of rotatable bonds is 5. The highest BCUT2D eigenvalue weighted by Crippen LogP contribution is 2.34. The van der Waals surface area contributed by atoms with Crippen LogP contribution >= 0.6 is 0 Å². The molecule has 0 radical (unpaired) electrons. The maximum atomic E-state index is 12.3. The number of H-pyrrole nitrogens is 1. The number of benzene rings is 3. The SMILES string of the molecule is Cc1cccc(NC(=O)Nc2ccc(-c3ccc(C=CC(=O)N(C)C)c4[nH]nc(N)c34)cc2)c1. The van der Waals surface area contributed by atoms with E-state index in [0.29, 0.717) is 11.5 Å². The molecule has 0 saturated heterocycles. The first-order chi connectivity index (χ1) is 16.3. The second-order valence-corrected chi connectivity index (χ2v) is 8.15. The van der Waals surface area contributed by atoms with Crippen LogP contribution in [0.3, 0.4) is 0 Å². The molecule has 34 heavy (non-hydrogen) atoms. The molecule has 0 aliphatic heterocycles. The zero-order chi connectivity index (χ0) is 24.2. The van der Waals surface area contributed by atoms with Gasteiger partial charge in [0.2, 0.25) is 5.91 Å². The van der Waals surface area contributed by atoms with E-state index in [4.69, 9.17) is 5.73 Å². The number of likely N-dealkylation sites (N-methyl/N-ethyl adjacent to an activating group) is 1. The van der Waals surface area contributed by atoms with Gasteiger partial charge in [0.05, 0.1) is 10.9 Å². The van der Waals surface area contributed by atoms with Crippen LogP contribution in [0.5, 0.6) is 0 Å². The quantitative estimate of drug-likeness (QED) is 0.322. The summed E-state index contributed by atoms with van der Waals surface area (Å²) in [4.78, 5) is 25.8. The molecule has 0 saturated carbocycles. The van der Waals surface area contributed by atoms with Crippen molar-refractivity contribution in [1.29, 1.82) is 0 Å². The van der Waals surface area contributed by atoms with Crippen molar-refractivity contribution in [3.8, 4) is 11.1 Å². The molecule has 1 aromatic heterocycles. The second kappa shape index (κ2) is 9.50. The molecule has 1 heterocycles. The highest BCUT2D eigenvalue weighted by molar-refractivity contribution is 6.06. The van der Waals surface area contributed by atoms with Crippen molar-refractivity contribution in [3.05, 3.63) is 77.9 Å². The fraction of sp³-hybridized carbons (Fsp3) is 0.115. The highest BCUT2D eigenvalue weighted by atomic mass is 16.2. The van der Waals surface area contributed by atoms with Crippen LogP contribution in [-0.2, 0) is 4.79 Å². The first kappa shape index (κ1) is 22.6. The average Bonchev–Trinajstić information content (AvgIpc) is 3.20. The van der Waals surface area contributed by atoms with Gasteiger partial charge in [0.25, 0.3) is 0 Å². The van der Waals surface area contributed by atoms with Crippen LogP contribution in [0, 0.1) is 6.92 Å². The molecule has 8 heteroatoms. The molecule has 8 nitrogen and oxygen atoms in total. The number of nitrogens with zero attached hydrogens (tertiary/aromatic N) is 2. The van der Waals surface area contributed by atoms with E-state index in [-0.39, 0.29) is 11.9 Å². The van der Waals surface area contributed by atoms with Gasteiger partial charge in [-0.1, -0.05) is 36.4 Å². The van der Waals surface area contributed by atoms with Crippen molar-refractivity contribution in [3.63, 3.8) is 0 Å². The van der Waals surface area contributed by atoms with Crippen molar-refractivity contribution in [2.75, 3.05) is 30.5 Å². The Hall–Kier alpha value is -4.59. The molecule has 5 N–H and O–H groups in total. The number of aryl methyl sites for hydroxylation is 1. The summed E-state index contributed by atoms with van der Waals surface area (Å²) in [6, 6.07) is 18.6. The highest BCUT2D eigenvalue weighted by Gasteiger charge is 2.13. The molecule has 3 amide bonds. The van der Waals surface area contributed by atoms with E-state index in [9.17, 15) is 9.59 Å². The van der Waals surface area contributed by atoms with Gasteiger partial charge in [-0.3, -0.25) is 9.89 Å². The molecular weight excluding hydrogens is 428 g/mol. The smallest absolute Gasteiger partial charge is 0.323 e. The summed E-state index contributed by atoms with van der Waals surface area (Å²) in [5, 5.41) is 13.6. The lowest BCUT2D eigenvalue weighted by Crippen LogP contribution is -2.19. The molecule has 0 spiro atoms. The predicted octanol–water partition coefficient (Wildman–Crippen LogP) is 4.87. The van der Waals surface area contributed by atoms with Crippen LogP contribution in [0.25, 0.3) is 28.1 Å². The Labute approximate surface area is 197 Å². The Kier molecular flexibility index (Phi) is 6.31. The average molecular weight is 455 g/mol. The predicted molar refractivity (Wildman–Crippen MR) is 137 cm³/mol. The molecule has 0 aliphatic rings. The van der Waals surface area contributed by atoms with Gasteiger partial charge in [-0.2, -0.15) is 5.10 Å². The standard InChI is InChI=1S/C26H26N6O2/c1-16-5-4-6-20(15-16)29-26(34)28-19-11-7-17(8-12-19)21-13-9-18(10-14-22(33)32(2)3)24-23(21)25(27)31-30-24/h4-15H,1-3H3,(H3,27,30,31)(H2,28,29,34). The molecule has 3 aromatic carbocycles. The molecular formula is C26H26N6O2. The summed E-state index contributed by atoms with van der Waals surface area (Å²) in [5.74, 6) is 0.262. The summed E-state index contributed by atoms with van der Waals surface area (Å²) >= 11 is 0. The third-order valence-corrected chi connectivity index (χ3v) is 5.36. The van der Waals surface area contributed by atoms with E-state index in [2.05, 4.69) is 20.8 Å². The fourth-order valence-corrected chi connectivity index (χ4v) is 3.62. The van der Waals surface area contributed by atoms with E-state index < -0.39 is 0 Å². The number of fused-ring (bicyclic) bond motifs is 1. The van der Waals surface area contributed by atoms with Crippen LogP contribution < -0.4 is 16.4 Å². The van der Waals surface area contributed by atoms with Crippen LogP contribution in [0.4, 0.5) is 22.0 Å². The summed E-state index contributed by atoms with van der Waals surface area (Å²) in [6.45, 7) is 1.97. The largest absolute Gasteiger partial charge is 0.382 e. The minimum Gasteiger partial charge on any atom is -0.382 e. The lowest BCUT2D eigenvalue weighted by atomic mass is 9.98. The Balaban J connectivity index is 1.55. The molecule has 0 bridgehead atoms. The topological polar surface area (TPSA) is 116 Å². The van der Waals surface area contributed by atoms with Crippen molar-refractivity contribution >= 4 is 46.1 Å². The summed E-state index contributed by atoms with van der Waals surface area (Å²) in [7, 11) is 3.40. The third kappa shape index (κ3) is 4.91. The molecule has 0 aliphatic carbocycles. The van der Waals surface area contributed by atoms with E-state index >= 15 is 0 Å². The van der Waals surface area contributed by atoms with Crippen molar-refractivity contribution in [1.82, 2.24) is 15.1 Å². The summed E-state index contributed by atoms with van der Waals surface area (Å²) in [6.07, 6.45) is 3.25. The van der Waals surface area contributed by atoms with Crippen LogP contribution in [0.2, 0.25) is 0 Å². The number of hydrogen-bond acceptors (Lipinski definition) is 4. The molecule has 0 fully saturated rings. The van der Waals surface area contributed by atoms with E-state index in [0.717, 1.165) is 38.8 Å². The number of nitrogens with one attached hydrogen (secondary N) is 3. The Morgan fingerprint density at radius 1 is 1.00 bits per heavy atom. The third-order valence-electron chi connectivity index (χ3n) is 5.36. The van der Waals surface area contributed by atoms with E-state index in [1.165, 1.54) is 11.0 Å². The summed E-state index contributed by atoms with van der Waals surface area (Å²) < 4.78 is 0. The number of carbonyl (C=O) groups is 2. The number of hydrogen-bond donors (Lipinski definition) is 4. The lowest BCUT2D eigenvalue weighted by Gasteiger charge is -2.10. The van der Waals surface area contributed by atoms with Crippen LogP contribution in [-0.4, -0.2) is 41.1 Å². The number of amides is 3. The van der Waals surface area contributed by atoms with Gasteiger partial charge in [-0.15, -0.1) is 0 Å². The van der Waals surface area contributed by atoms with Gasteiger partial charge >= 0.3 is 6.03 Å². The van der Waals surface area contributed by atoms with Crippen molar-refractivity contribution in [2.24, 2.45) is 0 Å². The van der Waals surface area contributed by atoms with Crippen molar-refractivity contribution < 1.29 is 9.59 Å². The first-order valence-electron chi connectivity index (χ1n) is 10.7. The monoisotopic (exact) mass is 454 g/mol. The minimum atomic E-state index is -0.316. The number of nitrogen functional groups attached to an aromatic ring is 1. The number of anilines is 3. The van der Waals surface area contributed by atoms with Gasteiger partial charge in [0.1, 0.15) is 0 Å². The number of carbonyl (C=O) groups excluding carboxylic acids is 2. The van der Waals surface area contributed by atoms with Gasteiger partial charge in [-0.05, 0) is 54.0 Å². The van der Waals surface area contributed by atoms with E-state index in [1.807, 2.05) is 67.6 Å². The Morgan fingerprint density at radius 3 is 2.44 bits per heavy atom. The maximum Gasteiger partial charge on any atom is 0.323 e. The van der Waals surface area contributed by atoms with Crippen LogP contribution in [0.15, 0.2) is 66.7 Å². The zero-order valence-corrected chi connectivity index (χ0v) is 19.2. The van der Waals surface area contributed by atoms with Gasteiger partial charge in [0, 0.05) is 37.1 Å². The Morgan fingerprint density at radius 2 is 1.74 bits per heavy atom. The number of aromatic nitrogens is 2. The fourth-order valence-electron chi connectivity index (χ4n) is 3.62. The number of aromatic amines is 1. The second-order valence-electron chi connectivity index (χ2n) is 8.15. The molecule has 4 aromatic rings. The van der Waals surface area contributed by atoms with Crippen LogP contribution in [0.1, 0.15) is 11.1 Å². The maximum absolute atomic E-state index is 12.3. The minimum absolute atomic E-state index is 0.112. The Bertz CT molecular complexity index is 1390. The molecule has 0 atom stereocenters. The van der Waals surface area contributed by atoms with E-state index in [1.54, 1.807) is 20.2 Å². The zero-order valence-electron chi connectivity index (χ0n) is 19.2. The lowest BCUT2D eigenvalue weighted by molar-refractivity contribution is -0.123. The number of nitrogens with two attached hydrogens (primary N) is 1. The summed E-state index contributed by atoms with van der Waals surface area (Å²) in [5.41, 5.74) is 12.0. The van der Waals surface area contributed by atoms with Crippen molar-refractivity contribution in [2.45, 2.75) is 6.92 Å². The number of urea groups is 1. The first-order valence-corrected chi connectivity index (χ1v) is 10.7. The van der Waals surface area contributed by atoms with Gasteiger partial charge < -0.3 is 21.3 Å². The molecule has 4 rings (SSSR count). The molecule has 172 valence electrons. The normalized spacial score (nSPS) is 11.0. The van der Waals surface area contributed by atoms with Gasteiger partial charge in [0.15, 0.2) is 5.82 Å².